The molecule has 108 valence electrons. The Bertz CT molecular complexity index is 980. The highest BCUT2D eigenvalue weighted by Crippen LogP contribution is 2.32. The van der Waals surface area contributed by atoms with Gasteiger partial charge in [0, 0.05) is 16.5 Å². The highest BCUT2D eigenvalue weighted by atomic mass is 16.2. The zero-order chi connectivity index (χ0) is 16.0. The number of carbonyl (C=O) groups excluding carboxylic acids is 2. The second-order valence-electron chi connectivity index (χ2n) is 5.32. The number of benzene rings is 3. The summed E-state index contributed by atoms with van der Waals surface area (Å²) in [4.78, 5) is 26.8. The van der Waals surface area contributed by atoms with E-state index in [2.05, 4.69) is 0 Å². The Labute approximate surface area is 132 Å². The van der Waals surface area contributed by atoms with Gasteiger partial charge < -0.3 is 0 Å². The first-order valence-corrected chi connectivity index (χ1v) is 7.11. The molecule has 4 nitrogen and oxygen atoms in total. The van der Waals surface area contributed by atoms with Crippen LogP contribution in [0.25, 0.3) is 10.8 Å². The average molecular weight is 298 g/mol. The highest BCUT2D eigenvalue weighted by molar-refractivity contribution is 6.35. The van der Waals surface area contributed by atoms with Crippen molar-refractivity contribution < 1.29 is 9.59 Å². The van der Waals surface area contributed by atoms with Gasteiger partial charge in [-0.1, -0.05) is 30.3 Å². The van der Waals surface area contributed by atoms with E-state index in [4.69, 9.17) is 5.26 Å². The fourth-order valence-electron chi connectivity index (χ4n) is 2.98. The maximum atomic E-state index is 12.8. The Kier molecular flexibility index (Phi) is 2.75. The van der Waals surface area contributed by atoms with Gasteiger partial charge in [0.15, 0.2) is 0 Å². The fraction of sp³-hybridized carbons (Fsp3) is 0. The minimum Gasteiger partial charge on any atom is -0.268 e. The summed E-state index contributed by atoms with van der Waals surface area (Å²) in [5.74, 6) is -0.733. The van der Waals surface area contributed by atoms with Gasteiger partial charge in [-0.3, -0.25) is 9.59 Å². The SMILES string of the molecule is N#Cc1cccc(N2C(=O)c3cccc4cccc(c34)C2=O)c1. The molecule has 0 atom stereocenters. The topological polar surface area (TPSA) is 61.2 Å². The molecule has 3 aromatic carbocycles. The minimum atomic E-state index is -0.366. The number of nitrogens with zero attached hydrogens (tertiary/aromatic N) is 2. The number of amides is 2. The van der Waals surface area contributed by atoms with Crippen LogP contribution in [0.4, 0.5) is 5.69 Å². The molecule has 4 heteroatoms. The molecule has 0 fully saturated rings. The van der Waals surface area contributed by atoms with Crippen molar-refractivity contribution >= 4 is 28.3 Å². The van der Waals surface area contributed by atoms with Crippen LogP contribution in [0.5, 0.6) is 0 Å². The molecule has 4 rings (SSSR count). The number of carbonyl (C=O) groups is 2. The minimum absolute atomic E-state index is 0.366. The molecule has 0 aromatic heterocycles. The van der Waals surface area contributed by atoms with E-state index < -0.39 is 0 Å². The van der Waals surface area contributed by atoms with Crippen molar-refractivity contribution in [3.05, 3.63) is 77.4 Å². The molecule has 0 radical (unpaired) electrons. The zero-order valence-corrected chi connectivity index (χ0v) is 12.0. The van der Waals surface area contributed by atoms with Crippen LogP contribution in [0.3, 0.4) is 0 Å². The van der Waals surface area contributed by atoms with E-state index in [0.29, 0.717) is 27.8 Å². The van der Waals surface area contributed by atoms with Crippen LogP contribution in [0.15, 0.2) is 60.7 Å². The van der Waals surface area contributed by atoms with Gasteiger partial charge in [0.25, 0.3) is 11.8 Å². The standard InChI is InChI=1S/C19H10N2O2/c20-11-12-4-1-7-14(10-12)21-18(22)15-8-2-5-13-6-3-9-16(17(13)15)19(21)23/h1-10H. The third-order valence-electron chi connectivity index (χ3n) is 4.01. The monoisotopic (exact) mass is 298 g/mol. The Morgan fingerprint density at radius 3 is 2.04 bits per heavy atom. The average Bonchev–Trinajstić information content (AvgIpc) is 2.60. The summed E-state index contributed by atoms with van der Waals surface area (Å²) >= 11 is 0. The van der Waals surface area contributed by atoms with Gasteiger partial charge in [-0.25, -0.2) is 4.90 Å². The summed E-state index contributed by atoms with van der Waals surface area (Å²) in [5, 5.41) is 10.6. The Morgan fingerprint density at radius 2 is 1.43 bits per heavy atom. The van der Waals surface area contributed by atoms with Crippen molar-refractivity contribution in [2.45, 2.75) is 0 Å². The summed E-state index contributed by atoms with van der Waals surface area (Å²) in [7, 11) is 0. The number of nitriles is 1. The first-order chi connectivity index (χ1) is 11.2. The smallest absolute Gasteiger partial charge is 0.265 e. The molecule has 0 aliphatic carbocycles. The molecule has 0 saturated carbocycles. The van der Waals surface area contributed by atoms with E-state index in [0.717, 1.165) is 10.3 Å². The van der Waals surface area contributed by atoms with Crippen molar-refractivity contribution in [3.63, 3.8) is 0 Å². The lowest BCUT2D eigenvalue weighted by atomic mass is 9.93. The summed E-state index contributed by atoms with van der Waals surface area (Å²) < 4.78 is 0. The molecule has 0 N–H and O–H groups in total. The van der Waals surface area contributed by atoms with Crippen LogP contribution in [0.1, 0.15) is 26.3 Å². The van der Waals surface area contributed by atoms with Crippen molar-refractivity contribution in [3.8, 4) is 6.07 Å². The van der Waals surface area contributed by atoms with E-state index in [-0.39, 0.29) is 11.8 Å². The van der Waals surface area contributed by atoms with Crippen LogP contribution in [-0.2, 0) is 0 Å². The fourth-order valence-corrected chi connectivity index (χ4v) is 2.98. The molecule has 0 bridgehead atoms. The number of hydrogen-bond donors (Lipinski definition) is 0. The Balaban J connectivity index is 1.98. The van der Waals surface area contributed by atoms with Crippen molar-refractivity contribution in [2.24, 2.45) is 0 Å². The van der Waals surface area contributed by atoms with Gasteiger partial charge in [0.05, 0.1) is 17.3 Å². The molecular weight excluding hydrogens is 288 g/mol. The molecular formula is C19H10N2O2. The normalized spacial score (nSPS) is 13.3. The second-order valence-corrected chi connectivity index (χ2v) is 5.32. The van der Waals surface area contributed by atoms with Gasteiger partial charge in [0.1, 0.15) is 0 Å². The van der Waals surface area contributed by atoms with Gasteiger partial charge in [-0.2, -0.15) is 5.26 Å². The summed E-state index contributed by atoms with van der Waals surface area (Å²) in [6.45, 7) is 0. The number of rotatable bonds is 1. The van der Waals surface area contributed by atoms with E-state index >= 15 is 0 Å². The van der Waals surface area contributed by atoms with E-state index in [1.165, 1.54) is 0 Å². The highest BCUT2D eigenvalue weighted by Gasteiger charge is 2.33. The van der Waals surface area contributed by atoms with Crippen LogP contribution >= 0.6 is 0 Å². The third-order valence-corrected chi connectivity index (χ3v) is 4.01. The van der Waals surface area contributed by atoms with Gasteiger partial charge >= 0.3 is 0 Å². The van der Waals surface area contributed by atoms with Crippen molar-refractivity contribution in [1.82, 2.24) is 0 Å². The summed E-state index contributed by atoms with van der Waals surface area (Å²) in [6.07, 6.45) is 0. The molecule has 1 aliphatic rings. The molecule has 1 heterocycles. The first kappa shape index (κ1) is 13.2. The van der Waals surface area contributed by atoms with Crippen LogP contribution in [0, 0.1) is 11.3 Å². The first-order valence-electron chi connectivity index (χ1n) is 7.11. The quantitative estimate of drug-likeness (QED) is 0.646. The van der Waals surface area contributed by atoms with Crippen LogP contribution < -0.4 is 4.90 Å². The second kappa shape index (κ2) is 4.79. The largest absolute Gasteiger partial charge is 0.268 e. The summed E-state index contributed by atoms with van der Waals surface area (Å²) in [6, 6.07) is 19.4. The van der Waals surface area contributed by atoms with E-state index in [1.807, 2.05) is 18.2 Å². The van der Waals surface area contributed by atoms with Gasteiger partial charge in [-0.15, -0.1) is 0 Å². The van der Waals surface area contributed by atoms with E-state index in [1.54, 1.807) is 48.5 Å². The lowest BCUT2D eigenvalue weighted by Gasteiger charge is -2.27. The Hall–Kier alpha value is -3.45. The maximum Gasteiger partial charge on any atom is 0.265 e. The van der Waals surface area contributed by atoms with Crippen molar-refractivity contribution in [1.29, 1.82) is 5.26 Å². The van der Waals surface area contributed by atoms with Gasteiger partial charge in [-0.05, 0) is 35.7 Å². The van der Waals surface area contributed by atoms with E-state index in [9.17, 15) is 9.59 Å². The maximum absolute atomic E-state index is 12.8. The van der Waals surface area contributed by atoms with Gasteiger partial charge in [0.2, 0.25) is 0 Å². The lowest BCUT2D eigenvalue weighted by Crippen LogP contribution is -2.40. The molecule has 1 aliphatic heterocycles. The van der Waals surface area contributed by atoms with Crippen LogP contribution in [-0.4, -0.2) is 11.8 Å². The summed E-state index contributed by atoms with van der Waals surface area (Å²) in [5.41, 5.74) is 1.81. The molecule has 2 amide bonds. The van der Waals surface area contributed by atoms with Crippen LogP contribution in [0.2, 0.25) is 0 Å². The predicted molar refractivity (Wildman–Crippen MR) is 86.2 cm³/mol. The lowest BCUT2D eigenvalue weighted by molar-refractivity contribution is 0.0893. The predicted octanol–water partition coefficient (Wildman–Crippen LogP) is 3.51. The molecule has 23 heavy (non-hydrogen) atoms. The third kappa shape index (κ3) is 1.84. The number of hydrogen-bond acceptors (Lipinski definition) is 3. The molecule has 0 unspecified atom stereocenters. The zero-order valence-electron chi connectivity index (χ0n) is 12.0. The molecule has 0 spiro atoms. The molecule has 0 saturated heterocycles. The number of anilines is 1. The van der Waals surface area contributed by atoms with Crippen molar-refractivity contribution in [2.75, 3.05) is 4.90 Å². The molecule has 3 aromatic rings. The Morgan fingerprint density at radius 1 is 0.826 bits per heavy atom. The number of imide groups is 1.